The molecule has 1 heterocycles. The van der Waals surface area contributed by atoms with Crippen molar-refractivity contribution in [3.05, 3.63) is 28.2 Å². The maximum absolute atomic E-state index is 12.7. The van der Waals surface area contributed by atoms with Gasteiger partial charge < -0.3 is 19.7 Å². The van der Waals surface area contributed by atoms with Gasteiger partial charge in [0.2, 0.25) is 5.91 Å². The number of hydrogen-bond acceptors (Lipinski definition) is 5. The molecule has 33 heavy (non-hydrogen) atoms. The van der Waals surface area contributed by atoms with Crippen LogP contribution in [0.1, 0.15) is 64.7 Å². The van der Waals surface area contributed by atoms with Crippen LogP contribution in [0.25, 0.3) is 0 Å². The van der Waals surface area contributed by atoms with Gasteiger partial charge in [-0.05, 0) is 24.6 Å². The van der Waals surface area contributed by atoms with Crippen LogP contribution in [0, 0.1) is 0 Å². The van der Waals surface area contributed by atoms with Crippen molar-refractivity contribution in [2.75, 3.05) is 26.3 Å². The third-order valence-electron chi connectivity index (χ3n) is 5.52. The Kier molecular flexibility index (Phi) is 12.4. The molecule has 0 radical (unpaired) electrons. The molecule has 1 fully saturated rings. The van der Waals surface area contributed by atoms with E-state index in [1.165, 1.54) is 43.1 Å². The van der Waals surface area contributed by atoms with Gasteiger partial charge in [-0.2, -0.15) is 0 Å². The lowest BCUT2D eigenvalue weighted by molar-refractivity contribution is -0.152. The van der Waals surface area contributed by atoms with Crippen LogP contribution in [-0.4, -0.2) is 55.0 Å². The highest BCUT2D eigenvalue weighted by Gasteiger charge is 2.35. The van der Waals surface area contributed by atoms with Gasteiger partial charge in [0, 0.05) is 18.1 Å². The molecule has 2 rings (SSSR count). The van der Waals surface area contributed by atoms with E-state index in [1.54, 1.807) is 12.1 Å². The van der Waals surface area contributed by atoms with Crippen molar-refractivity contribution in [1.82, 2.24) is 10.2 Å². The van der Waals surface area contributed by atoms with Crippen molar-refractivity contribution in [1.29, 1.82) is 0 Å². The van der Waals surface area contributed by atoms with Crippen LogP contribution in [0.15, 0.2) is 18.2 Å². The van der Waals surface area contributed by atoms with E-state index in [0.29, 0.717) is 23.9 Å². The molecule has 7 nitrogen and oxygen atoms in total. The predicted molar refractivity (Wildman–Crippen MR) is 129 cm³/mol. The number of piperazine rings is 1. The standard InChI is InChI=1S/C24H34Cl2N2O5/c1-2-3-4-5-6-7-8-9-14-32-23(30)16-20-24(31)27-12-13-28(20)22(29)17-33-21-11-10-18(25)15-19(21)26/h10-11,15,20H,2-9,12-14,16-17H2,1H3,(H,27,31). The molecular weight excluding hydrogens is 467 g/mol. The minimum atomic E-state index is -0.915. The summed E-state index contributed by atoms with van der Waals surface area (Å²) in [6, 6.07) is 3.78. The molecule has 0 saturated carbocycles. The van der Waals surface area contributed by atoms with Gasteiger partial charge in [-0.25, -0.2) is 0 Å². The summed E-state index contributed by atoms with van der Waals surface area (Å²) >= 11 is 11.9. The summed E-state index contributed by atoms with van der Waals surface area (Å²) in [4.78, 5) is 38.7. The van der Waals surface area contributed by atoms with Gasteiger partial charge >= 0.3 is 5.97 Å². The van der Waals surface area contributed by atoms with E-state index in [4.69, 9.17) is 32.7 Å². The molecule has 1 aromatic carbocycles. The van der Waals surface area contributed by atoms with Crippen LogP contribution in [0.3, 0.4) is 0 Å². The lowest BCUT2D eigenvalue weighted by atomic mass is 10.1. The van der Waals surface area contributed by atoms with Crippen molar-refractivity contribution in [3.63, 3.8) is 0 Å². The van der Waals surface area contributed by atoms with E-state index in [1.807, 2.05) is 0 Å². The van der Waals surface area contributed by atoms with Gasteiger partial charge in [0.1, 0.15) is 11.8 Å². The molecule has 1 atom stereocenters. The summed E-state index contributed by atoms with van der Waals surface area (Å²) in [5.41, 5.74) is 0. The van der Waals surface area contributed by atoms with Crippen molar-refractivity contribution in [3.8, 4) is 5.75 Å². The van der Waals surface area contributed by atoms with E-state index < -0.39 is 17.9 Å². The number of ether oxygens (including phenoxy) is 2. The Labute approximate surface area is 206 Å². The van der Waals surface area contributed by atoms with Gasteiger partial charge in [0.25, 0.3) is 5.91 Å². The van der Waals surface area contributed by atoms with Crippen molar-refractivity contribution in [2.45, 2.75) is 70.8 Å². The molecule has 2 amide bonds. The fourth-order valence-electron chi connectivity index (χ4n) is 3.67. The highest BCUT2D eigenvalue weighted by atomic mass is 35.5. The SMILES string of the molecule is CCCCCCCCCCOC(=O)CC1C(=O)NCCN1C(=O)COc1ccc(Cl)cc1Cl. The number of nitrogens with one attached hydrogen (secondary N) is 1. The first kappa shape index (κ1) is 27.3. The fourth-order valence-corrected chi connectivity index (χ4v) is 4.13. The number of carbonyl (C=O) groups is 3. The van der Waals surface area contributed by atoms with Crippen LogP contribution >= 0.6 is 23.2 Å². The number of hydrogen-bond donors (Lipinski definition) is 1. The maximum Gasteiger partial charge on any atom is 0.308 e. The number of esters is 1. The van der Waals surface area contributed by atoms with Gasteiger partial charge in [-0.3, -0.25) is 14.4 Å². The smallest absolute Gasteiger partial charge is 0.308 e. The summed E-state index contributed by atoms with van der Waals surface area (Å²) in [6.45, 7) is 2.83. The number of benzene rings is 1. The number of nitrogens with zero attached hydrogens (tertiary/aromatic N) is 1. The molecule has 9 heteroatoms. The monoisotopic (exact) mass is 500 g/mol. The van der Waals surface area contributed by atoms with Crippen LogP contribution in [0.4, 0.5) is 0 Å². The first-order valence-corrected chi connectivity index (χ1v) is 12.5. The zero-order chi connectivity index (χ0) is 24.1. The van der Waals surface area contributed by atoms with Gasteiger partial charge in [0.15, 0.2) is 6.61 Å². The molecule has 0 bridgehead atoms. The van der Waals surface area contributed by atoms with E-state index >= 15 is 0 Å². The molecule has 1 unspecified atom stereocenters. The predicted octanol–water partition coefficient (Wildman–Crippen LogP) is 4.77. The zero-order valence-corrected chi connectivity index (χ0v) is 20.8. The fraction of sp³-hybridized carbons (Fsp3) is 0.625. The van der Waals surface area contributed by atoms with Gasteiger partial charge in [0.05, 0.1) is 18.1 Å². The third-order valence-corrected chi connectivity index (χ3v) is 6.05. The van der Waals surface area contributed by atoms with E-state index in [2.05, 4.69) is 12.2 Å². The minimum absolute atomic E-state index is 0.184. The summed E-state index contributed by atoms with van der Waals surface area (Å²) in [6.07, 6.45) is 9.02. The van der Waals surface area contributed by atoms with Crippen molar-refractivity contribution < 1.29 is 23.9 Å². The molecule has 1 aromatic rings. The summed E-state index contributed by atoms with van der Waals surface area (Å²) < 4.78 is 10.8. The number of rotatable bonds is 14. The molecule has 0 aliphatic carbocycles. The molecular formula is C24H34Cl2N2O5. The Balaban J connectivity index is 1.75. The third kappa shape index (κ3) is 9.80. The Morgan fingerprint density at radius 2 is 1.79 bits per heavy atom. The molecule has 1 N–H and O–H groups in total. The van der Waals surface area contributed by atoms with Crippen LogP contribution in [0.5, 0.6) is 5.75 Å². The maximum atomic E-state index is 12.7. The number of amides is 2. The number of unbranched alkanes of at least 4 members (excludes halogenated alkanes) is 7. The largest absolute Gasteiger partial charge is 0.482 e. The Bertz CT molecular complexity index is 790. The first-order valence-electron chi connectivity index (χ1n) is 11.7. The van der Waals surface area contributed by atoms with Crippen LogP contribution < -0.4 is 10.1 Å². The van der Waals surface area contributed by atoms with Gasteiger partial charge in [-0.15, -0.1) is 0 Å². The van der Waals surface area contributed by atoms with E-state index in [0.717, 1.165) is 19.3 Å². The lowest BCUT2D eigenvalue weighted by Gasteiger charge is -2.34. The quantitative estimate of drug-likeness (QED) is 0.293. The van der Waals surface area contributed by atoms with Gasteiger partial charge in [-0.1, -0.05) is 75.1 Å². The molecule has 184 valence electrons. The second-order valence-corrected chi connectivity index (χ2v) is 9.00. The number of halogens is 2. The van der Waals surface area contributed by atoms with E-state index in [-0.39, 0.29) is 30.5 Å². The first-order chi connectivity index (χ1) is 15.9. The molecule has 1 aliphatic rings. The number of carbonyl (C=O) groups excluding carboxylic acids is 3. The van der Waals surface area contributed by atoms with Crippen molar-refractivity contribution in [2.24, 2.45) is 0 Å². The average Bonchev–Trinajstić information content (AvgIpc) is 2.78. The average molecular weight is 501 g/mol. The second kappa shape index (κ2) is 15.0. The summed E-state index contributed by atoms with van der Waals surface area (Å²) in [5.74, 6) is -0.948. The lowest BCUT2D eigenvalue weighted by Crippen LogP contribution is -2.58. The molecule has 0 aromatic heterocycles. The highest BCUT2D eigenvalue weighted by Crippen LogP contribution is 2.27. The molecule has 1 saturated heterocycles. The van der Waals surface area contributed by atoms with Crippen LogP contribution in [-0.2, 0) is 19.1 Å². The van der Waals surface area contributed by atoms with Crippen molar-refractivity contribution >= 4 is 41.0 Å². The topological polar surface area (TPSA) is 84.9 Å². The zero-order valence-electron chi connectivity index (χ0n) is 19.2. The Morgan fingerprint density at radius 1 is 1.09 bits per heavy atom. The minimum Gasteiger partial charge on any atom is -0.482 e. The highest BCUT2D eigenvalue weighted by molar-refractivity contribution is 6.35. The molecule has 1 aliphatic heterocycles. The normalized spacial score (nSPS) is 15.8. The summed E-state index contributed by atoms with van der Waals surface area (Å²) in [5, 5.41) is 3.44. The van der Waals surface area contributed by atoms with E-state index in [9.17, 15) is 14.4 Å². The molecule has 0 spiro atoms. The summed E-state index contributed by atoms with van der Waals surface area (Å²) in [7, 11) is 0. The Morgan fingerprint density at radius 3 is 2.48 bits per heavy atom. The van der Waals surface area contributed by atoms with Crippen LogP contribution in [0.2, 0.25) is 10.0 Å². The second-order valence-electron chi connectivity index (χ2n) is 8.16. The Hall–Kier alpha value is -1.99.